The van der Waals surface area contributed by atoms with Crippen LogP contribution in [0.1, 0.15) is 19.3 Å². The maximum atomic E-state index is 12.9. The molecule has 1 aliphatic heterocycles. The van der Waals surface area contributed by atoms with Gasteiger partial charge in [0.1, 0.15) is 6.04 Å². The molecular weight excluding hydrogens is 455 g/mol. The van der Waals surface area contributed by atoms with Crippen molar-refractivity contribution in [2.75, 3.05) is 11.9 Å². The molecule has 1 aromatic heterocycles. The number of carbonyl (C=O) groups excluding carboxylic acids is 2. The van der Waals surface area contributed by atoms with Crippen molar-refractivity contribution in [2.24, 2.45) is 0 Å². The minimum atomic E-state index is -0.632. The Morgan fingerprint density at radius 1 is 1.06 bits per heavy atom. The summed E-state index contributed by atoms with van der Waals surface area (Å²) in [5, 5.41) is 6.65. The fourth-order valence-corrected chi connectivity index (χ4v) is 4.47. The first-order chi connectivity index (χ1) is 15.3. The highest BCUT2D eigenvalue weighted by Crippen LogP contribution is 2.24. The number of H-pyrrole nitrogens is 1. The predicted octanol–water partition coefficient (Wildman–Crippen LogP) is 3.02. The highest BCUT2D eigenvalue weighted by Gasteiger charge is 2.34. The molecule has 32 heavy (non-hydrogen) atoms. The van der Waals surface area contributed by atoms with Crippen molar-refractivity contribution in [3.05, 3.63) is 73.2 Å². The van der Waals surface area contributed by atoms with Crippen LogP contribution in [0.3, 0.4) is 0 Å². The van der Waals surface area contributed by atoms with E-state index in [9.17, 15) is 19.2 Å². The van der Waals surface area contributed by atoms with E-state index >= 15 is 0 Å². The molecule has 1 unspecified atom stereocenters. The van der Waals surface area contributed by atoms with Crippen LogP contribution in [-0.2, 0) is 16.1 Å². The van der Waals surface area contributed by atoms with Gasteiger partial charge in [-0.1, -0.05) is 35.3 Å². The van der Waals surface area contributed by atoms with E-state index in [2.05, 4.69) is 10.4 Å². The van der Waals surface area contributed by atoms with Gasteiger partial charge in [0.15, 0.2) is 0 Å². The Labute approximate surface area is 192 Å². The Morgan fingerprint density at radius 3 is 2.47 bits per heavy atom. The van der Waals surface area contributed by atoms with Crippen LogP contribution in [0, 0.1) is 0 Å². The molecule has 0 saturated carbocycles. The number of amides is 2. The number of nitrogens with one attached hydrogen (secondary N) is 2. The first kappa shape index (κ1) is 22.1. The molecule has 2 heterocycles. The monoisotopic (exact) mass is 474 g/mol. The number of nitrogens with zero attached hydrogens (tertiary/aromatic N) is 2. The number of rotatable bonds is 5. The number of anilines is 1. The van der Waals surface area contributed by atoms with Gasteiger partial charge in [-0.2, -0.15) is 0 Å². The van der Waals surface area contributed by atoms with Gasteiger partial charge in [-0.05, 0) is 43.2 Å². The Bertz CT molecular complexity index is 1300. The van der Waals surface area contributed by atoms with Crippen molar-refractivity contribution in [3.63, 3.8) is 0 Å². The average Bonchev–Trinajstić information content (AvgIpc) is 3.24. The van der Waals surface area contributed by atoms with Gasteiger partial charge >= 0.3 is 0 Å². The molecule has 2 amide bonds. The number of aromatic amines is 1. The zero-order chi connectivity index (χ0) is 22.8. The molecule has 1 saturated heterocycles. The lowest BCUT2D eigenvalue weighted by atomic mass is 10.2. The van der Waals surface area contributed by atoms with E-state index in [4.69, 9.17) is 23.2 Å². The number of carbonyl (C=O) groups is 2. The molecule has 1 aliphatic rings. The molecule has 10 heteroatoms. The number of halogens is 2. The number of hydrogen-bond donors (Lipinski definition) is 2. The predicted molar refractivity (Wildman–Crippen MR) is 123 cm³/mol. The molecule has 1 fully saturated rings. The van der Waals surface area contributed by atoms with Crippen LogP contribution in [0.2, 0.25) is 10.0 Å². The summed E-state index contributed by atoms with van der Waals surface area (Å²) in [5.74, 6) is -0.599. The molecule has 3 aromatic rings. The summed E-state index contributed by atoms with van der Waals surface area (Å²) in [5.41, 5.74) is -0.320. The number of aromatic nitrogens is 2. The summed E-state index contributed by atoms with van der Waals surface area (Å²) in [7, 11) is 0. The minimum Gasteiger partial charge on any atom is -0.331 e. The molecular formula is C22H20Cl2N4O4. The van der Waals surface area contributed by atoms with E-state index in [1.807, 2.05) is 0 Å². The Kier molecular flexibility index (Phi) is 6.34. The summed E-state index contributed by atoms with van der Waals surface area (Å²) in [6, 6.07) is 10.6. The maximum absolute atomic E-state index is 12.9. The minimum absolute atomic E-state index is 0.00643. The molecule has 0 aliphatic carbocycles. The highest BCUT2D eigenvalue weighted by atomic mass is 35.5. The van der Waals surface area contributed by atoms with Crippen LogP contribution in [0.15, 0.2) is 52.1 Å². The Balaban J connectivity index is 1.45. The van der Waals surface area contributed by atoms with Gasteiger partial charge in [-0.3, -0.25) is 24.3 Å². The molecule has 8 nitrogen and oxygen atoms in total. The van der Waals surface area contributed by atoms with E-state index in [0.29, 0.717) is 45.9 Å². The zero-order valence-corrected chi connectivity index (χ0v) is 18.4. The molecule has 0 radical (unpaired) electrons. The lowest BCUT2D eigenvalue weighted by Gasteiger charge is -2.24. The van der Waals surface area contributed by atoms with Gasteiger partial charge in [-0.15, -0.1) is 0 Å². The summed E-state index contributed by atoms with van der Waals surface area (Å²) >= 11 is 12.0. The number of aryl methyl sites for hydroxylation is 1. The van der Waals surface area contributed by atoms with Crippen LogP contribution in [0.25, 0.3) is 10.8 Å². The summed E-state index contributed by atoms with van der Waals surface area (Å²) < 4.78 is 1.14. The van der Waals surface area contributed by atoms with E-state index in [0.717, 1.165) is 4.68 Å². The van der Waals surface area contributed by atoms with E-state index in [1.165, 1.54) is 4.90 Å². The van der Waals surface area contributed by atoms with Gasteiger partial charge in [0, 0.05) is 28.7 Å². The first-order valence-electron chi connectivity index (χ1n) is 10.1. The van der Waals surface area contributed by atoms with Gasteiger partial charge < -0.3 is 10.2 Å². The third-order valence-corrected chi connectivity index (χ3v) is 5.88. The first-order valence-corrected chi connectivity index (χ1v) is 10.9. The molecule has 2 N–H and O–H groups in total. The van der Waals surface area contributed by atoms with Crippen LogP contribution in [-0.4, -0.2) is 39.1 Å². The largest absolute Gasteiger partial charge is 0.331 e. The fraction of sp³-hybridized carbons (Fsp3) is 0.273. The molecule has 1 atom stereocenters. The molecule has 0 spiro atoms. The fourth-order valence-electron chi connectivity index (χ4n) is 3.94. The lowest BCUT2D eigenvalue weighted by molar-refractivity contribution is -0.136. The SMILES string of the molecule is O=C(Nc1cc(Cl)cc(Cl)c1)C1CCCN1C(=O)CCn1[nH]c(=O)c2ccccc2c1=O. The van der Waals surface area contributed by atoms with Crippen molar-refractivity contribution >= 4 is 51.5 Å². The lowest BCUT2D eigenvalue weighted by Crippen LogP contribution is -2.43. The van der Waals surface area contributed by atoms with Gasteiger partial charge in [0.25, 0.3) is 11.1 Å². The second-order valence-electron chi connectivity index (χ2n) is 7.59. The second kappa shape index (κ2) is 9.18. The topological polar surface area (TPSA) is 104 Å². The smallest absolute Gasteiger partial charge is 0.273 e. The second-order valence-corrected chi connectivity index (χ2v) is 8.46. The summed E-state index contributed by atoms with van der Waals surface area (Å²) in [6.07, 6.45) is 1.19. The molecule has 4 rings (SSSR count). The van der Waals surface area contributed by atoms with Gasteiger partial charge in [-0.25, -0.2) is 4.68 Å². The molecule has 166 valence electrons. The summed E-state index contributed by atoms with van der Waals surface area (Å²) in [6.45, 7) is 0.447. The number of likely N-dealkylation sites (tertiary alicyclic amines) is 1. The van der Waals surface area contributed by atoms with E-state index < -0.39 is 11.6 Å². The normalized spacial score (nSPS) is 15.8. The quantitative estimate of drug-likeness (QED) is 0.592. The van der Waals surface area contributed by atoms with Crippen LogP contribution >= 0.6 is 23.2 Å². The average molecular weight is 475 g/mol. The standard InChI is InChI=1S/C22H20Cl2N4O4/c23-13-10-14(24)12-15(11-13)25-21(31)18-6-3-8-27(18)19(29)7-9-28-22(32)17-5-2-1-4-16(17)20(30)26-28/h1-2,4-5,10-12,18H,3,6-9H2,(H,25,31)(H,26,30). The molecule has 2 aromatic carbocycles. The van der Waals surface area contributed by atoms with Gasteiger partial charge in [0.05, 0.1) is 17.3 Å². The number of fused-ring (bicyclic) bond motifs is 1. The zero-order valence-electron chi connectivity index (χ0n) is 16.9. The van der Waals surface area contributed by atoms with Crippen LogP contribution < -0.4 is 16.4 Å². The summed E-state index contributed by atoms with van der Waals surface area (Å²) in [4.78, 5) is 52.0. The van der Waals surface area contributed by atoms with Crippen LogP contribution in [0.5, 0.6) is 0 Å². The van der Waals surface area contributed by atoms with Crippen molar-refractivity contribution in [3.8, 4) is 0 Å². The third kappa shape index (κ3) is 4.56. The van der Waals surface area contributed by atoms with Crippen molar-refractivity contribution < 1.29 is 9.59 Å². The third-order valence-electron chi connectivity index (χ3n) is 5.44. The Morgan fingerprint density at radius 2 is 1.75 bits per heavy atom. The van der Waals surface area contributed by atoms with Crippen LogP contribution in [0.4, 0.5) is 5.69 Å². The van der Waals surface area contributed by atoms with E-state index in [1.54, 1.807) is 42.5 Å². The van der Waals surface area contributed by atoms with Gasteiger partial charge in [0.2, 0.25) is 11.8 Å². The number of benzene rings is 2. The molecule has 0 bridgehead atoms. The Hall–Kier alpha value is -3.10. The van der Waals surface area contributed by atoms with Crippen molar-refractivity contribution in [1.29, 1.82) is 0 Å². The number of hydrogen-bond acceptors (Lipinski definition) is 4. The van der Waals surface area contributed by atoms with Crippen molar-refractivity contribution in [2.45, 2.75) is 31.8 Å². The highest BCUT2D eigenvalue weighted by molar-refractivity contribution is 6.35. The van der Waals surface area contributed by atoms with Crippen molar-refractivity contribution in [1.82, 2.24) is 14.7 Å². The van der Waals surface area contributed by atoms with E-state index in [-0.39, 0.29) is 30.3 Å². The maximum Gasteiger partial charge on any atom is 0.273 e.